The summed E-state index contributed by atoms with van der Waals surface area (Å²) in [5.74, 6) is -1.68. The Hall–Kier alpha value is -3.79. The van der Waals surface area contributed by atoms with E-state index < -0.39 is 21.7 Å². The van der Waals surface area contributed by atoms with Crippen LogP contribution < -0.4 is 15.0 Å². The van der Waals surface area contributed by atoms with Crippen molar-refractivity contribution >= 4 is 26.7 Å². The van der Waals surface area contributed by atoms with Crippen LogP contribution in [0.2, 0.25) is 0 Å². The third-order valence-electron chi connectivity index (χ3n) is 4.80. The lowest BCUT2D eigenvalue weighted by atomic mass is 9.99. The number of rotatable bonds is 5. The van der Waals surface area contributed by atoms with Crippen LogP contribution in [0.5, 0.6) is 11.5 Å². The molecule has 4 rings (SSSR count). The van der Waals surface area contributed by atoms with Gasteiger partial charge in [0.05, 0.1) is 17.3 Å². The van der Waals surface area contributed by atoms with Crippen molar-refractivity contribution in [2.75, 3.05) is 11.0 Å². The molecule has 0 saturated carbocycles. The fourth-order valence-corrected chi connectivity index (χ4v) is 3.97. The third-order valence-corrected chi connectivity index (χ3v) is 5.40. The Morgan fingerprint density at radius 2 is 1.70 bits per heavy atom. The number of H-pyrrole nitrogens is 1. The summed E-state index contributed by atoms with van der Waals surface area (Å²) < 4.78 is 59.3. The minimum atomic E-state index is -3.58. The van der Waals surface area contributed by atoms with E-state index in [9.17, 15) is 22.0 Å². The van der Waals surface area contributed by atoms with Gasteiger partial charge in [0.15, 0.2) is 11.6 Å². The van der Waals surface area contributed by atoms with Gasteiger partial charge in [-0.25, -0.2) is 22.2 Å². The van der Waals surface area contributed by atoms with Gasteiger partial charge in [-0.05, 0) is 61.9 Å². The molecule has 0 aliphatic carbocycles. The quantitative estimate of drug-likeness (QED) is 0.441. The molecule has 0 spiro atoms. The van der Waals surface area contributed by atoms with E-state index in [4.69, 9.17) is 4.74 Å². The number of nitrogens with one attached hydrogen (secondary N) is 2. The number of ether oxygens (including phenoxy) is 1. The average Bonchev–Trinajstić information content (AvgIpc) is 2.70. The fraction of sp³-hybridized carbons (Fsp3) is 0.130. The van der Waals surface area contributed by atoms with Crippen LogP contribution >= 0.6 is 0 Å². The molecule has 0 unspecified atom stereocenters. The molecule has 2 N–H and O–H groups in total. The van der Waals surface area contributed by atoms with Crippen LogP contribution in [-0.2, 0) is 10.0 Å². The lowest BCUT2D eigenvalue weighted by Crippen LogP contribution is -2.12. The third kappa shape index (κ3) is 4.85. The van der Waals surface area contributed by atoms with Crippen molar-refractivity contribution in [3.05, 3.63) is 81.8 Å². The van der Waals surface area contributed by atoms with Crippen molar-refractivity contribution < 1.29 is 21.9 Å². The first kappa shape index (κ1) is 22.4. The van der Waals surface area contributed by atoms with Crippen molar-refractivity contribution in [1.82, 2.24) is 9.97 Å². The predicted molar refractivity (Wildman–Crippen MR) is 122 cm³/mol. The van der Waals surface area contributed by atoms with Gasteiger partial charge >= 0.3 is 0 Å². The second kappa shape index (κ2) is 8.28. The highest BCUT2D eigenvalue weighted by Crippen LogP contribution is 2.39. The molecule has 10 heteroatoms. The maximum absolute atomic E-state index is 14.3. The monoisotopic (exact) mass is 471 g/mol. The van der Waals surface area contributed by atoms with Crippen molar-refractivity contribution in [2.24, 2.45) is 0 Å². The zero-order chi connectivity index (χ0) is 23.9. The van der Waals surface area contributed by atoms with E-state index in [0.29, 0.717) is 28.2 Å². The second-order valence-corrected chi connectivity index (χ2v) is 9.37. The molecule has 0 radical (unpaired) electrons. The summed E-state index contributed by atoms with van der Waals surface area (Å²) >= 11 is 0. The van der Waals surface area contributed by atoms with E-state index >= 15 is 0 Å². The minimum Gasteiger partial charge on any atom is -0.454 e. The number of sulfonamides is 1. The number of nitrogens with zero attached hydrogens (tertiary/aromatic N) is 1. The smallest absolute Gasteiger partial charge is 0.269 e. The van der Waals surface area contributed by atoms with Crippen molar-refractivity contribution in [3.63, 3.8) is 0 Å². The van der Waals surface area contributed by atoms with Gasteiger partial charge in [-0.2, -0.15) is 0 Å². The van der Waals surface area contributed by atoms with Crippen molar-refractivity contribution in [1.29, 1.82) is 0 Å². The fourth-order valence-electron chi connectivity index (χ4n) is 3.41. The number of hydrogen-bond donors (Lipinski definition) is 2. The maximum atomic E-state index is 14.3. The summed E-state index contributed by atoms with van der Waals surface area (Å²) in [4.78, 5) is 19.3. The van der Waals surface area contributed by atoms with E-state index in [1.807, 2.05) is 6.92 Å². The first-order valence-electron chi connectivity index (χ1n) is 9.76. The molecule has 4 aromatic rings. The predicted octanol–water partition coefficient (Wildman–Crippen LogP) is 4.65. The Morgan fingerprint density at radius 1 is 0.970 bits per heavy atom. The number of benzene rings is 3. The lowest BCUT2D eigenvalue weighted by Gasteiger charge is -2.16. The molecule has 7 nitrogen and oxygen atoms in total. The molecule has 0 fully saturated rings. The number of aromatic nitrogens is 2. The van der Waals surface area contributed by atoms with Gasteiger partial charge in [0.1, 0.15) is 17.3 Å². The van der Waals surface area contributed by atoms with Crippen molar-refractivity contribution in [2.45, 2.75) is 13.8 Å². The molecule has 0 aliphatic heterocycles. The van der Waals surface area contributed by atoms with Gasteiger partial charge in [0, 0.05) is 22.9 Å². The van der Waals surface area contributed by atoms with Crippen LogP contribution in [0.15, 0.2) is 53.3 Å². The number of fused-ring (bicyclic) bond motifs is 1. The van der Waals surface area contributed by atoms with E-state index in [0.717, 1.165) is 24.0 Å². The molecule has 1 aromatic heterocycles. The van der Waals surface area contributed by atoms with Crippen LogP contribution in [0.3, 0.4) is 0 Å². The summed E-state index contributed by atoms with van der Waals surface area (Å²) in [5, 5.41) is 0. The standard InChI is InChI=1S/C23H19F2N3O4S/c1-12-8-17(22-19(9-12)27-23(29)13(2)26-22)16-11-15(28-33(3,30)31)5-7-20(16)32-21-6-4-14(24)10-18(21)25/h4-11,28H,1-3H3,(H,27,29). The Kier molecular flexibility index (Phi) is 5.62. The highest BCUT2D eigenvalue weighted by atomic mass is 32.2. The van der Waals surface area contributed by atoms with E-state index in [-0.39, 0.29) is 28.4 Å². The van der Waals surface area contributed by atoms with Crippen molar-refractivity contribution in [3.8, 4) is 22.6 Å². The molecule has 0 saturated heterocycles. The number of halogens is 2. The lowest BCUT2D eigenvalue weighted by molar-refractivity contribution is 0.439. The first-order valence-corrected chi connectivity index (χ1v) is 11.7. The Bertz CT molecular complexity index is 1570. The molecule has 3 aromatic carbocycles. The summed E-state index contributed by atoms with van der Waals surface area (Å²) in [6, 6.07) is 10.9. The Morgan fingerprint density at radius 3 is 2.39 bits per heavy atom. The largest absolute Gasteiger partial charge is 0.454 e. The van der Waals surface area contributed by atoms with Gasteiger partial charge in [-0.15, -0.1) is 0 Å². The molecule has 0 aliphatic rings. The zero-order valence-electron chi connectivity index (χ0n) is 17.9. The SMILES string of the molecule is Cc1cc(-c2cc(NS(C)(=O)=O)ccc2Oc2ccc(F)cc2F)c2nc(C)c(=O)[nH]c2c1. The topological polar surface area (TPSA) is 101 Å². The normalized spacial score (nSPS) is 11.5. The van der Waals surface area contributed by atoms with Crippen LogP contribution in [0.25, 0.3) is 22.2 Å². The molecule has 170 valence electrons. The minimum absolute atomic E-state index is 0.178. The van der Waals surface area contributed by atoms with Gasteiger partial charge in [0.2, 0.25) is 10.0 Å². The maximum Gasteiger partial charge on any atom is 0.269 e. The van der Waals surface area contributed by atoms with Crippen LogP contribution in [0.1, 0.15) is 11.3 Å². The van der Waals surface area contributed by atoms with E-state index in [1.54, 1.807) is 19.1 Å². The first-order chi connectivity index (χ1) is 15.5. The number of aromatic amines is 1. The van der Waals surface area contributed by atoms with Gasteiger partial charge < -0.3 is 9.72 Å². The van der Waals surface area contributed by atoms with E-state index in [2.05, 4.69) is 14.7 Å². The average molecular weight is 471 g/mol. The summed E-state index contributed by atoms with van der Waals surface area (Å²) in [6.45, 7) is 3.38. The summed E-state index contributed by atoms with van der Waals surface area (Å²) in [6.07, 6.45) is 1.02. The van der Waals surface area contributed by atoms with E-state index in [1.165, 1.54) is 18.2 Å². The second-order valence-electron chi connectivity index (χ2n) is 7.62. The van der Waals surface area contributed by atoms with Crippen LogP contribution in [0.4, 0.5) is 14.5 Å². The number of hydrogen-bond acceptors (Lipinski definition) is 5. The molecule has 0 amide bonds. The number of anilines is 1. The summed E-state index contributed by atoms with van der Waals surface area (Å²) in [7, 11) is -3.58. The molecule has 1 heterocycles. The van der Waals surface area contributed by atoms with Crippen LogP contribution in [0, 0.1) is 25.5 Å². The highest BCUT2D eigenvalue weighted by Gasteiger charge is 2.17. The van der Waals surface area contributed by atoms with Gasteiger partial charge in [0.25, 0.3) is 5.56 Å². The van der Waals surface area contributed by atoms with Gasteiger partial charge in [-0.3, -0.25) is 9.52 Å². The molecule has 0 atom stereocenters. The highest BCUT2D eigenvalue weighted by molar-refractivity contribution is 7.92. The number of aryl methyl sites for hydroxylation is 2. The summed E-state index contributed by atoms with van der Waals surface area (Å²) in [5.41, 5.74) is 2.77. The van der Waals surface area contributed by atoms with Crippen LogP contribution in [-0.4, -0.2) is 24.6 Å². The Labute approximate surface area is 188 Å². The molecule has 33 heavy (non-hydrogen) atoms. The zero-order valence-corrected chi connectivity index (χ0v) is 18.7. The molecule has 0 bridgehead atoms. The Balaban J connectivity index is 1.98. The van der Waals surface area contributed by atoms with Gasteiger partial charge in [-0.1, -0.05) is 0 Å². The molecular formula is C23H19F2N3O4S. The molecular weight excluding hydrogens is 452 g/mol.